The first-order valence-electron chi connectivity index (χ1n) is 22.5. The average molecular weight is 885 g/mol. The zero-order valence-electron chi connectivity index (χ0n) is 36.8. The summed E-state index contributed by atoms with van der Waals surface area (Å²) in [6.07, 6.45) is 12.5. The summed E-state index contributed by atoms with van der Waals surface area (Å²) in [6.45, 7) is 9.07. The minimum atomic E-state index is -0.827. The van der Waals surface area contributed by atoms with Crippen molar-refractivity contribution in [2.45, 2.75) is 89.9 Å². The molecule has 3 aromatic carbocycles. The molecule has 0 spiro atoms. The van der Waals surface area contributed by atoms with Gasteiger partial charge < -0.3 is 19.9 Å². The number of aliphatic imine (C=N–C) groups is 1. The Kier molecular flexibility index (Phi) is 10.9. The Morgan fingerprint density at radius 2 is 1.72 bits per heavy atom. The fourth-order valence-electron chi connectivity index (χ4n) is 10.5. The number of nitrogens with one attached hydrogen (secondary N) is 1. The SMILES string of the molecule is Cc1cc(N=C(C2=C(N)CCN(C(=O)c3cc4cc(C5CCOCC5)ccc4n3C3(c4noc(=O)[nH]4)CC3C)C2C)n2ccn(-c3ccc(CP4CCCC4)cc3)c2=O)cc(C)c1F. The number of benzene rings is 3. The van der Waals surface area contributed by atoms with Gasteiger partial charge in [-0.25, -0.2) is 19.0 Å². The van der Waals surface area contributed by atoms with Crippen molar-refractivity contribution in [2.24, 2.45) is 16.6 Å². The van der Waals surface area contributed by atoms with E-state index in [2.05, 4.69) is 47.4 Å². The van der Waals surface area contributed by atoms with Gasteiger partial charge >= 0.3 is 11.4 Å². The van der Waals surface area contributed by atoms with Gasteiger partial charge in [0.25, 0.3) is 5.91 Å². The third-order valence-corrected chi connectivity index (χ3v) is 16.8. The third kappa shape index (κ3) is 7.38. The Balaban J connectivity index is 1.06. The van der Waals surface area contributed by atoms with Crippen molar-refractivity contribution in [3.8, 4) is 5.69 Å². The van der Waals surface area contributed by atoms with E-state index < -0.39 is 17.3 Å². The number of fused-ring (bicyclic) bond motifs is 1. The van der Waals surface area contributed by atoms with E-state index in [0.29, 0.717) is 78.1 Å². The number of hydrogen-bond acceptors (Lipinski definition) is 8. The number of aromatic nitrogens is 5. The zero-order valence-corrected chi connectivity index (χ0v) is 37.7. The van der Waals surface area contributed by atoms with Crippen LogP contribution in [0.15, 0.2) is 103 Å². The minimum absolute atomic E-state index is 0.0250. The van der Waals surface area contributed by atoms with E-state index in [4.69, 9.17) is 20.0 Å². The molecule has 13 nitrogen and oxygen atoms in total. The Morgan fingerprint density at radius 3 is 2.39 bits per heavy atom. The maximum atomic E-state index is 15.4. The van der Waals surface area contributed by atoms with E-state index in [0.717, 1.165) is 35.6 Å². The number of H-pyrrole nitrogens is 1. The fourth-order valence-corrected chi connectivity index (χ4v) is 13.1. The highest BCUT2D eigenvalue weighted by atomic mass is 31.1. The standard InChI is InChI=1S/C49H54FN8O5P/c1-29-23-37(24-30(2)43(29)50)52-44(57-18-17-56(48(57)61)38-10-7-33(8-11-38)28-64-21-5-6-22-64)42-32(4)55(16-13-39(42)51)45(59)41-26-36-25-35(34-14-19-62-20-15-34)9-12-40(36)58(41)49(27-31(49)3)46-53-47(60)63-54-46/h7-12,17-18,23-26,31-32,34H,5-6,13-16,19-22,27-28,51H2,1-4H3,(H,53,54,60). The zero-order chi connectivity index (χ0) is 44.4. The van der Waals surface area contributed by atoms with E-state index in [9.17, 15) is 14.0 Å². The van der Waals surface area contributed by atoms with Gasteiger partial charge in [0.2, 0.25) is 0 Å². The lowest BCUT2D eigenvalue weighted by Crippen LogP contribution is -2.49. The molecule has 0 bridgehead atoms. The first-order chi connectivity index (χ1) is 30.9. The lowest BCUT2D eigenvalue weighted by atomic mass is 9.91. The maximum Gasteiger partial charge on any atom is 0.438 e. The Morgan fingerprint density at radius 1 is 1.00 bits per heavy atom. The molecule has 3 fully saturated rings. The molecule has 10 rings (SSSR count). The number of amides is 1. The lowest BCUT2D eigenvalue weighted by Gasteiger charge is -2.37. The topological polar surface area (TPSA) is 159 Å². The summed E-state index contributed by atoms with van der Waals surface area (Å²) < 4.78 is 30.8. The minimum Gasteiger partial charge on any atom is -0.402 e. The van der Waals surface area contributed by atoms with Crippen LogP contribution in [0, 0.1) is 25.6 Å². The predicted octanol–water partition coefficient (Wildman–Crippen LogP) is 8.20. The van der Waals surface area contributed by atoms with Gasteiger partial charge in [0.05, 0.1) is 17.4 Å². The van der Waals surface area contributed by atoms with Crippen molar-refractivity contribution in [3.05, 3.63) is 145 Å². The number of carbonyl (C=O) groups excluding carboxylic acids is 1. The van der Waals surface area contributed by atoms with Crippen LogP contribution in [0.1, 0.15) is 96.9 Å². The summed E-state index contributed by atoms with van der Waals surface area (Å²) in [4.78, 5) is 52.1. The van der Waals surface area contributed by atoms with Crippen LogP contribution in [-0.4, -0.2) is 78.6 Å². The number of aryl methyl sites for hydroxylation is 2. The molecule has 3 N–H and O–H groups in total. The molecule has 6 heterocycles. The summed E-state index contributed by atoms with van der Waals surface area (Å²) in [5, 5.41) is 5.08. The molecule has 0 radical (unpaired) electrons. The molecular weight excluding hydrogens is 831 g/mol. The molecule has 332 valence electrons. The smallest absolute Gasteiger partial charge is 0.402 e. The first-order valence-corrected chi connectivity index (χ1v) is 24.4. The van der Waals surface area contributed by atoms with Gasteiger partial charge in [0, 0.05) is 60.7 Å². The molecule has 3 atom stereocenters. The molecule has 1 aliphatic carbocycles. The van der Waals surface area contributed by atoms with Crippen LogP contribution in [0.4, 0.5) is 10.1 Å². The number of rotatable bonds is 9. The van der Waals surface area contributed by atoms with Gasteiger partial charge in [-0.1, -0.05) is 30.3 Å². The van der Waals surface area contributed by atoms with Crippen molar-refractivity contribution in [1.82, 2.24) is 28.7 Å². The first kappa shape index (κ1) is 42.1. The summed E-state index contributed by atoms with van der Waals surface area (Å²) in [6, 6.07) is 19.2. The normalized spacial score (nSPS) is 22.3. The van der Waals surface area contributed by atoms with E-state index in [-0.39, 0.29) is 37.1 Å². The van der Waals surface area contributed by atoms with Crippen molar-refractivity contribution >= 4 is 36.3 Å². The van der Waals surface area contributed by atoms with Crippen molar-refractivity contribution in [1.29, 1.82) is 0 Å². The third-order valence-electron chi connectivity index (χ3n) is 14.1. The summed E-state index contributed by atoms with van der Waals surface area (Å²) in [7, 11) is 0.0250. The van der Waals surface area contributed by atoms with Crippen LogP contribution >= 0.6 is 7.92 Å². The van der Waals surface area contributed by atoms with Gasteiger partial charge in [0.15, 0.2) is 5.82 Å². The van der Waals surface area contributed by atoms with E-state index in [1.165, 1.54) is 40.9 Å². The summed E-state index contributed by atoms with van der Waals surface area (Å²) in [5.41, 5.74) is 12.6. The van der Waals surface area contributed by atoms with Gasteiger partial charge in [-0.05, 0) is 148 Å². The largest absolute Gasteiger partial charge is 0.438 e. The number of hydrogen-bond donors (Lipinski definition) is 2. The fraction of sp³-hybridized carbons (Fsp3) is 0.408. The number of nitrogens with zero attached hydrogens (tertiary/aromatic N) is 6. The maximum absolute atomic E-state index is 15.4. The molecule has 1 saturated carbocycles. The average Bonchev–Trinajstić information content (AvgIpc) is 3.88. The van der Waals surface area contributed by atoms with Crippen LogP contribution in [0.3, 0.4) is 0 Å². The number of imidazole rings is 1. The van der Waals surface area contributed by atoms with Crippen LogP contribution in [0.2, 0.25) is 0 Å². The van der Waals surface area contributed by atoms with Crippen LogP contribution in [-0.2, 0) is 16.4 Å². The summed E-state index contributed by atoms with van der Waals surface area (Å²) in [5.74, 6) is -0.241. The van der Waals surface area contributed by atoms with E-state index >= 15 is 4.79 Å². The van der Waals surface area contributed by atoms with E-state index in [1.807, 2.05) is 29.7 Å². The van der Waals surface area contributed by atoms with E-state index in [1.54, 1.807) is 47.8 Å². The number of ether oxygens (including phenoxy) is 1. The number of nitrogens with two attached hydrogens (primary N) is 1. The molecule has 1 amide bonds. The van der Waals surface area contributed by atoms with Crippen molar-refractivity contribution < 1.29 is 18.4 Å². The number of halogens is 1. The second-order valence-electron chi connectivity index (χ2n) is 18.2. The van der Waals surface area contributed by atoms with Crippen LogP contribution in [0.5, 0.6) is 0 Å². The van der Waals surface area contributed by atoms with Gasteiger partial charge in [-0.2, -0.15) is 0 Å². The highest BCUT2D eigenvalue weighted by Crippen LogP contribution is 2.56. The molecule has 64 heavy (non-hydrogen) atoms. The molecular formula is C49H54FN8O5P. The predicted molar refractivity (Wildman–Crippen MR) is 247 cm³/mol. The quantitative estimate of drug-likeness (QED) is 0.0842. The number of aromatic amines is 1. The van der Waals surface area contributed by atoms with Crippen molar-refractivity contribution in [2.75, 3.05) is 32.1 Å². The van der Waals surface area contributed by atoms with Gasteiger partial charge in [-0.15, -0.1) is 7.92 Å². The molecule has 3 unspecified atom stereocenters. The highest BCUT2D eigenvalue weighted by molar-refractivity contribution is 7.57. The Bertz CT molecular complexity index is 2940. The monoisotopic (exact) mass is 884 g/mol. The van der Waals surface area contributed by atoms with Gasteiger partial charge in [-0.3, -0.25) is 23.4 Å². The van der Waals surface area contributed by atoms with Crippen LogP contribution < -0.4 is 17.2 Å². The molecule has 3 aromatic heterocycles. The van der Waals surface area contributed by atoms with Crippen molar-refractivity contribution in [3.63, 3.8) is 0 Å². The molecule has 3 aliphatic heterocycles. The second-order valence-corrected chi connectivity index (χ2v) is 20.8. The van der Waals surface area contributed by atoms with Crippen LogP contribution in [0.25, 0.3) is 16.6 Å². The highest BCUT2D eigenvalue weighted by Gasteiger charge is 2.59. The lowest BCUT2D eigenvalue weighted by molar-refractivity contribution is 0.0697. The Labute approximate surface area is 371 Å². The molecule has 2 saturated heterocycles. The number of carbonyl (C=O) groups is 1. The second kappa shape index (κ2) is 16.6. The molecule has 4 aliphatic rings. The summed E-state index contributed by atoms with van der Waals surface area (Å²) >= 11 is 0. The van der Waals surface area contributed by atoms with Gasteiger partial charge in [0.1, 0.15) is 22.9 Å². The molecule has 6 aromatic rings. The Hall–Kier alpha value is -5.85. The molecule has 15 heteroatoms.